The highest BCUT2D eigenvalue weighted by atomic mass is 19.1. The molecule has 4 rings (SSSR count). The molecule has 2 aromatic heterocycles. The molecule has 2 amide bonds. The first-order chi connectivity index (χ1) is 13.1. The van der Waals surface area contributed by atoms with Gasteiger partial charge in [-0.15, -0.1) is 0 Å². The second kappa shape index (κ2) is 6.80. The van der Waals surface area contributed by atoms with Crippen molar-refractivity contribution < 1.29 is 22.8 Å². The third kappa shape index (κ3) is 3.18. The molecule has 0 atom stereocenters. The predicted molar refractivity (Wildman–Crippen MR) is 97.2 cm³/mol. The molecule has 0 radical (unpaired) electrons. The first-order valence-electron chi connectivity index (χ1n) is 8.06. The summed E-state index contributed by atoms with van der Waals surface area (Å²) in [7, 11) is 0. The standard InChI is InChI=1S/C20H13FN2O4/c21-13-7-2-3-8-14(13)22-20(25)18-17(12-6-1-4-9-15(12)27-18)23-19(24)16-10-5-11-26-16/h1-11H,(H,22,25)(H,23,24). The molecule has 4 aromatic rings. The lowest BCUT2D eigenvalue weighted by Crippen LogP contribution is -2.17. The van der Waals surface area contributed by atoms with Gasteiger partial charge in [0.2, 0.25) is 5.76 Å². The Morgan fingerprint density at radius 3 is 2.41 bits per heavy atom. The number of hydrogen-bond acceptors (Lipinski definition) is 4. The van der Waals surface area contributed by atoms with Gasteiger partial charge in [0.05, 0.1) is 12.0 Å². The maximum Gasteiger partial charge on any atom is 0.293 e. The van der Waals surface area contributed by atoms with Crippen LogP contribution in [-0.4, -0.2) is 11.8 Å². The zero-order chi connectivity index (χ0) is 18.8. The van der Waals surface area contributed by atoms with E-state index in [-0.39, 0.29) is 22.9 Å². The van der Waals surface area contributed by atoms with Crippen LogP contribution >= 0.6 is 0 Å². The number of benzene rings is 2. The molecule has 2 heterocycles. The Labute approximate surface area is 152 Å². The molecular formula is C20H13FN2O4. The summed E-state index contributed by atoms with van der Waals surface area (Å²) in [5.41, 5.74) is 0.595. The molecule has 0 unspecified atom stereocenters. The molecule has 6 nitrogen and oxygen atoms in total. The van der Waals surface area contributed by atoms with Gasteiger partial charge < -0.3 is 19.5 Å². The summed E-state index contributed by atoms with van der Waals surface area (Å²) in [6, 6.07) is 15.7. The second-order valence-electron chi connectivity index (χ2n) is 5.67. The number of amides is 2. The van der Waals surface area contributed by atoms with Gasteiger partial charge in [-0.1, -0.05) is 24.3 Å². The van der Waals surface area contributed by atoms with Crippen LogP contribution in [0.5, 0.6) is 0 Å². The van der Waals surface area contributed by atoms with E-state index in [0.29, 0.717) is 11.0 Å². The average Bonchev–Trinajstić information content (AvgIpc) is 3.32. The zero-order valence-corrected chi connectivity index (χ0v) is 13.9. The van der Waals surface area contributed by atoms with Gasteiger partial charge >= 0.3 is 0 Å². The highest BCUT2D eigenvalue weighted by Crippen LogP contribution is 2.32. The Morgan fingerprint density at radius 1 is 0.852 bits per heavy atom. The van der Waals surface area contributed by atoms with Crippen molar-refractivity contribution in [3.63, 3.8) is 0 Å². The largest absolute Gasteiger partial charge is 0.459 e. The molecular weight excluding hydrogens is 351 g/mol. The third-order valence-electron chi connectivity index (χ3n) is 3.91. The number of rotatable bonds is 4. The van der Waals surface area contributed by atoms with Crippen LogP contribution in [0.3, 0.4) is 0 Å². The minimum atomic E-state index is -0.689. The van der Waals surface area contributed by atoms with Crippen LogP contribution in [0, 0.1) is 5.82 Å². The molecule has 0 saturated carbocycles. The number of halogens is 1. The molecule has 0 fully saturated rings. The van der Waals surface area contributed by atoms with Crippen LogP contribution in [0.1, 0.15) is 21.1 Å². The molecule has 0 spiro atoms. The Morgan fingerprint density at radius 2 is 1.63 bits per heavy atom. The Bertz CT molecular complexity index is 1130. The van der Waals surface area contributed by atoms with E-state index in [1.54, 1.807) is 36.4 Å². The van der Waals surface area contributed by atoms with Crippen molar-refractivity contribution in [1.29, 1.82) is 0 Å². The number of carbonyl (C=O) groups is 2. The Balaban J connectivity index is 1.72. The molecule has 134 valence electrons. The van der Waals surface area contributed by atoms with Gasteiger partial charge in [0.1, 0.15) is 17.1 Å². The van der Waals surface area contributed by atoms with E-state index >= 15 is 0 Å². The summed E-state index contributed by atoms with van der Waals surface area (Å²) >= 11 is 0. The van der Waals surface area contributed by atoms with Crippen molar-refractivity contribution in [3.05, 3.63) is 84.3 Å². The second-order valence-corrected chi connectivity index (χ2v) is 5.67. The highest BCUT2D eigenvalue weighted by molar-refractivity contribution is 6.16. The zero-order valence-electron chi connectivity index (χ0n) is 13.9. The minimum absolute atomic E-state index is 0.00580. The number of hydrogen-bond donors (Lipinski definition) is 2. The maximum atomic E-state index is 13.8. The molecule has 27 heavy (non-hydrogen) atoms. The lowest BCUT2D eigenvalue weighted by atomic mass is 10.2. The lowest BCUT2D eigenvalue weighted by Gasteiger charge is -2.07. The Kier molecular flexibility index (Phi) is 4.18. The van der Waals surface area contributed by atoms with Crippen LogP contribution in [0.2, 0.25) is 0 Å². The van der Waals surface area contributed by atoms with E-state index in [9.17, 15) is 14.0 Å². The van der Waals surface area contributed by atoms with Crippen molar-refractivity contribution in [1.82, 2.24) is 0 Å². The fraction of sp³-hybridized carbons (Fsp3) is 0. The summed E-state index contributed by atoms with van der Waals surface area (Å²) in [5.74, 6) is -1.86. The first-order valence-corrected chi connectivity index (χ1v) is 8.06. The topological polar surface area (TPSA) is 84.5 Å². The SMILES string of the molecule is O=C(Nc1c(C(=O)Nc2ccccc2F)oc2ccccc12)c1ccco1. The maximum absolute atomic E-state index is 13.8. The molecule has 0 aliphatic carbocycles. The number of carbonyl (C=O) groups excluding carboxylic acids is 2. The number of furan rings is 2. The summed E-state index contributed by atoms with van der Waals surface area (Å²) in [5, 5.41) is 5.63. The van der Waals surface area contributed by atoms with Crippen LogP contribution in [-0.2, 0) is 0 Å². The van der Waals surface area contributed by atoms with Gasteiger partial charge in [-0.05, 0) is 36.4 Å². The van der Waals surface area contributed by atoms with Gasteiger partial charge in [0.15, 0.2) is 5.76 Å². The summed E-state index contributed by atoms with van der Waals surface area (Å²) in [6.07, 6.45) is 1.37. The lowest BCUT2D eigenvalue weighted by molar-refractivity contribution is 0.0995. The van der Waals surface area contributed by atoms with E-state index in [0.717, 1.165) is 0 Å². The van der Waals surface area contributed by atoms with Crippen LogP contribution in [0.25, 0.3) is 11.0 Å². The van der Waals surface area contributed by atoms with E-state index < -0.39 is 17.6 Å². The molecule has 7 heteroatoms. The van der Waals surface area contributed by atoms with Gasteiger partial charge in [0.25, 0.3) is 11.8 Å². The quantitative estimate of drug-likeness (QED) is 0.551. The number of para-hydroxylation sites is 2. The monoisotopic (exact) mass is 364 g/mol. The fourth-order valence-electron chi connectivity index (χ4n) is 2.65. The van der Waals surface area contributed by atoms with E-state index in [2.05, 4.69) is 10.6 Å². The fourth-order valence-corrected chi connectivity index (χ4v) is 2.65. The first kappa shape index (κ1) is 16.6. The Hall–Kier alpha value is -3.87. The third-order valence-corrected chi connectivity index (χ3v) is 3.91. The molecule has 0 aliphatic heterocycles. The van der Waals surface area contributed by atoms with Crippen molar-refractivity contribution in [2.24, 2.45) is 0 Å². The van der Waals surface area contributed by atoms with Crippen molar-refractivity contribution in [2.75, 3.05) is 10.6 Å². The molecule has 0 bridgehead atoms. The summed E-state index contributed by atoms with van der Waals surface area (Å²) in [4.78, 5) is 25.0. The van der Waals surface area contributed by atoms with Crippen molar-refractivity contribution >= 4 is 34.2 Å². The molecule has 0 saturated heterocycles. The van der Waals surface area contributed by atoms with Gasteiger partial charge in [-0.2, -0.15) is 0 Å². The van der Waals surface area contributed by atoms with Crippen LogP contribution in [0.4, 0.5) is 15.8 Å². The molecule has 2 N–H and O–H groups in total. The van der Waals surface area contributed by atoms with Crippen LogP contribution in [0.15, 0.2) is 75.8 Å². The number of nitrogens with one attached hydrogen (secondary N) is 2. The van der Waals surface area contributed by atoms with E-state index in [1.165, 1.54) is 30.5 Å². The average molecular weight is 364 g/mol. The smallest absolute Gasteiger partial charge is 0.293 e. The van der Waals surface area contributed by atoms with Crippen molar-refractivity contribution in [3.8, 4) is 0 Å². The number of fused-ring (bicyclic) bond motifs is 1. The summed E-state index contributed by atoms with van der Waals surface area (Å²) < 4.78 is 24.5. The van der Waals surface area contributed by atoms with Crippen molar-refractivity contribution in [2.45, 2.75) is 0 Å². The van der Waals surface area contributed by atoms with E-state index in [4.69, 9.17) is 8.83 Å². The summed E-state index contributed by atoms with van der Waals surface area (Å²) in [6.45, 7) is 0. The normalized spacial score (nSPS) is 10.7. The van der Waals surface area contributed by atoms with Gasteiger partial charge in [-0.25, -0.2) is 4.39 Å². The highest BCUT2D eigenvalue weighted by Gasteiger charge is 2.24. The molecule has 0 aliphatic rings. The van der Waals surface area contributed by atoms with Gasteiger partial charge in [0, 0.05) is 5.39 Å². The molecule has 2 aromatic carbocycles. The van der Waals surface area contributed by atoms with Crippen LogP contribution < -0.4 is 10.6 Å². The minimum Gasteiger partial charge on any atom is -0.459 e. The predicted octanol–water partition coefficient (Wildman–Crippen LogP) is 4.67. The number of anilines is 2. The van der Waals surface area contributed by atoms with Gasteiger partial charge in [-0.3, -0.25) is 9.59 Å². The van der Waals surface area contributed by atoms with E-state index in [1.807, 2.05) is 0 Å².